The molecule has 1 amide bonds. The SMILES string of the molecule is CCOc1cncc(-c2cnc(C(=O)NC3(c4cc(NS(=O)(=O)C5CC5)ccn4)CCOCC3)s2)n1. The first-order valence-corrected chi connectivity index (χ1v) is 14.0. The first kappa shape index (κ1) is 24.5. The fraction of sp³-hybridized carbons (Fsp3) is 0.435. The van der Waals surface area contributed by atoms with Crippen molar-refractivity contribution in [3.8, 4) is 16.5 Å². The third kappa shape index (κ3) is 5.32. The number of aromatic nitrogens is 4. The van der Waals surface area contributed by atoms with E-state index in [4.69, 9.17) is 9.47 Å². The number of thiazole rings is 1. The maximum Gasteiger partial charge on any atom is 0.281 e. The van der Waals surface area contributed by atoms with E-state index in [9.17, 15) is 13.2 Å². The second kappa shape index (κ2) is 10.1. The molecule has 1 saturated heterocycles. The zero-order chi connectivity index (χ0) is 25.2. The Kier molecular flexibility index (Phi) is 6.86. The summed E-state index contributed by atoms with van der Waals surface area (Å²) in [7, 11) is -3.42. The quantitative estimate of drug-likeness (QED) is 0.426. The fourth-order valence-corrected chi connectivity index (χ4v) is 6.14. The lowest BCUT2D eigenvalue weighted by molar-refractivity contribution is 0.0330. The van der Waals surface area contributed by atoms with Gasteiger partial charge in [-0.25, -0.2) is 18.4 Å². The lowest BCUT2D eigenvalue weighted by Gasteiger charge is -2.37. The van der Waals surface area contributed by atoms with Crippen molar-refractivity contribution in [1.82, 2.24) is 25.3 Å². The summed E-state index contributed by atoms with van der Waals surface area (Å²) < 4.78 is 38.5. The first-order valence-electron chi connectivity index (χ1n) is 11.7. The molecule has 0 atom stereocenters. The molecule has 5 rings (SSSR count). The first-order chi connectivity index (χ1) is 17.4. The average Bonchev–Trinajstić information content (AvgIpc) is 3.63. The highest BCUT2D eigenvalue weighted by atomic mass is 32.2. The largest absolute Gasteiger partial charge is 0.477 e. The minimum atomic E-state index is -3.42. The summed E-state index contributed by atoms with van der Waals surface area (Å²) in [4.78, 5) is 31.4. The van der Waals surface area contributed by atoms with Crippen LogP contribution in [0.5, 0.6) is 5.88 Å². The van der Waals surface area contributed by atoms with Gasteiger partial charge in [0.25, 0.3) is 5.91 Å². The summed E-state index contributed by atoms with van der Waals surface area (Å²) in [6, 6.07) is 3.30. The van der Waals surface area contributed by atoms with E-state index in [1.807, 2.05) is 6.92 Å². The van der Waals surface area contributed by atoms with Crippen LogP contribution in [-0.2, 0) is 20.3 Å². The van der Waals surface area contributed by atoms with E-state index >= 15 is 0 Å². The van der Waals surface area contributed by atoms with E-state index in [2.05, 4.69) is 30.0 Å². The lowest BCUT2D eigenvalue weighted by Crippen LogP contribution is -2.50. The monoisotopic (exact) mass is 530 g/mol. The van der Waals surface area contributed by atoms with Gasteiger partial charge >= 0.3 is 0 Å². The van der Waals surface area contributed by atoms with Gasteiger partial charge in [-0.15, -0.1) is 11.3 Å². The molecule has 11 nitrogen and oxygen atoms in total. The third-order valence-electron chi connectivity index (χ3n) is 6.03. The van der Waals surface area contributed by atoms with E-state index in [-0.39, 0.29) is 16.2 Å². The maximum atomic E-state index is 13.3. The Labute approximate surface area is 212 Å². The highest BCUT2D eigenvalue weighted by Gasteiger charge is 2.39. The molecule has 0 spiro atoms. The summed E-state index contributed by atoms with van der Waals surface area (Å²) in [5, 5.41) is 3.04. The number of sulfonamides is 1. The van der Waals surface area contributed by atoms with E-state index in [1.165, 1.54) is 17.5 Å². The van der Waals surface area contributed by atoms with Gasteiger partial charge in [-0.05, 0) is 44.7 Å². The highest BCUT2D eigenvalue weighted by Crippen LogP contribution is 2.35. The summed E-state index contributed by atoms with van der Waals surface area (Å²) in [5.74, 6) is 0.0478. The minimum Gasteiger partial charge on any atom is -0.477 e. The molecule has 3 aromatic heterocycles. The van der Waals surface area contributed by atoms with Crippen molar-refractivity contribution in [2.75, 3.05) is 24.5 Å². The minimum absolute atomic E-state index is 0.269. The summed E-state index contributed by atoms with van der Waals surface area (Å²) in [5.41, 5.74) is 0.741. The number of hydrogen-bond donors (Lipinski definition) is 2. The lowest BCUT2D eigenvalue weighted by atomic mass is 9.85. The van der Waals surface area contributed by atoms with Crippen molar-refractivity contribution < 1.29 is 22.7 Å². The molecule has 0 radical (unpaired) electrons. The fourth-order valence-electron chi connectivity index (χ4n) is 4.00. The molecule has 1 aliphatic heterocycles. The standard InChI is InChI=1S/C23H26N6O5S2/c1-2-34-20-14-24-12-17(27-20)18-13-26-22(35-18)21(30)28-23(6-9-33-10-7-23)19-11-15(5-8-25-19)29-36(31,32)16-3-4-16/h5,8,11-14,16H,2-4,6-7,9-10H2,1H3,(H,25,29)(H,28,30). The van der Waals surface area contributed by atoms with E-state index < -0.39 is 15.6 Å². The number of hydrogen-bond acceptors (Lipinski definition) is 10. The van der Waals surface area contributed by atoms with Crippen LogP contribution in [0.4, 0.5) is 5.69 Å². The van der Waals surface area contributed by atoms with Gasteiger partial charge in [0.05, 0.1) is 46.0 Å². The molecule has 1 aliphatic carbocycles. The van der Waals surface area contributed by atoms with Crippen LogP contribution in [-0.4, -0.2) is 59.3 Å². The van der Waals surface area contributed by atoms with Crippen molar-refractivity contribution in [1.29, 1.82) is 0 Å². The molecule has 3 aromatic rings. The zero-order valence-corrected chi connectivity index (χ0v) is 21.3. The molecule has 36 heavy (non-hydrogen) atoms. The predicted octanol–water partition coefficient (Wildman–Crippen LogP) is 2.73. The second-order valence-electron chi connectivity index (χ2n) is 8.63. The molecular formula is C23H26N6O5S2. The number of amides is 1. The van der Waals surface area contributed by atoms with Gasteiger partial charge in [0.1, 0.15) is 5.69 Å². The predicted molar refractivity (Wildman–Crippen MR) is 133 cm³/mol. The van der Waals surface area contributed by atoms with Gasteiger partial charge in [0.2, 0.25) is 15.9 Å². The molecule has 0 bridgehead atoms. The Balaban J connectivity index is 1.38. The Morgan fingerprint density at radius 3 is 2.78 bits per heavy atom. The summed E-state index contributed by atoms with van der Waals surface area (Å²) >= 11 is 1.20. The van der Waals surface area contributed by atoms with E-state index in [1.54, 1.807) is 30.7 Å². The number of rotatable bonds is 9. The van der Waals surface area contributed by atoms with E-state index in [0.717, 1.165) is 0 Å². The van der Waals surface area contributed by atoms with Gasteiger partial charge in [-0.1, -0.05) is 0 Å². The molecule has 2 N–H and O–H groups in total. The molecule has 4 heterocycles. The van der Waals surface area contributed by atoms with Crippen molar-refractivity contribution in [3.63, 3.8) is 0 Å². The smallest absolute Gasteiger partial charge is 0.281 e. The van der Waals surface area contributed by atoms with Gasteiger partial charge < -0.3 is 14.8 Å². The van der Waals surface area contributed by atoms with Gasteiger partial charge in [-0.3, -0.25) is 19.5 Å². The maximum absolute atomic E-state index is 13.3. The number of carbonyl (C=O) groups is 1. The summed E-state index contributed by atoms with van der Waals surface area (Å²) in [6.07, 6.45) is 8.58. The van der Waals surface area contributed by atoms with Crippen LogP contribution in [0.25, 0.3) is 10.6 Å². The van der Waals surface area contributed by atoms with Gasteiger partial charge in [0, 0.05) is 25.6 Å². The van der Waals surface area contributed by atoms with Crippen LogP contribution in [0.3, 0.4) is 0 Å². The molecule has 0 unspecified atom stereocenters. The van der Waals surface area contributed by atoms with Crippen molar-refractivity contribution in [2.24, 2.45) is 0 Å². The van der Waals surface area contributed by atoms with Crippen LogP contribution in [0.15, 0.2) is 36.9 Å². The number of nitrogens with one attached hydrogen (secondary N) is 2. The highest BCUT2D eigenvalue weighted by molar-refractivity contribution is 7.93. The molecule has 2 fully saturated rings. The van der Waals surface area contributed by atoms with Gasteiger partial charge in [0.15, 0.2) is 5.01 Å². The second-order valence-corrected chi connectivity index (χ2v) is 11.6. The van der Waals surface area contributed by atoms with Crippen molar-refractivity contribution >= 4 is 33.0 Å². The molecular weight excluding hydrogens is 504 g/mol. The van der Waals surface area contributed by atoms with Crippen LogP contribution >= 0.6 is 11.3 Å². The molecule has 1 saturated carbocycles. The van der Waals surface area contributed by atoms with Crippen LogP contribution in [0.2, 0.25) is 0 Å². The Bertz CT molecular complexity index is 1350. The summed E-state index contributed by atoms with van der Waals surface area (Å²) in [6.45, 7) is 3.20. The normalized spacial score (nSPS) is 17.4. The molecule has 2 aliphatic rings. The van der Waals surface area contributed by atoms with Crippen LogP contribution < -0.4 is 14.8 Å². The zero-order valence-electron chi connectivity index (χ0n) is 19.6. The number of anilines is 1. The number of nitrogens with zero attached hydrogens (tertiary/aromatic N) is 4. The molecule has 0 aromatic carbocycles. The Hall–Kier alpha value is -3.16. The van der Waals surface area contributed by atoms with Crippen LogP contribution in [0, 0.1) is 0 Å². The Morgan fingerprint density at radius 2 is 2.03 bits per heavy atom. The number of pyridine rings is 1. The van der Waals surface area contributed by atoms with Gasteiger partial charge in [-0.2, -0.15) is 0 Å². The Morgan fingerprint density at radius 1 is 1.22 bits per heavy atom. The number of ether oxygens (including phenoxy) is 2. The topological polar surface area (TPSA) is 145 Å². The number of carbonyl (C=O) groups excluding carboxylic acids is 1. The van der Waals surface area contributed by atoms with E-state index in [0.29, 0.717) is 73.3 Å². The molecule has 13 heteroatoms. The van der Waals surface area contributed by atoms with Crippen molar-refractivity contribution in [3.05, 3.63) is 47.6 Å². The average molecular weight is 531 g/mol. The third-order valence-corrected chi connectivity index (χ3v) is 8.92. The van der Waals surface area contributed by atoms with Crippen molar-refractivity contribution in [2.45, 2.75) is 43.4 Å². The van der Waals surface area contributed by atoms with Crippen LogP contribution in [0.1, 0.15) is 48.1 Å². The molecule has 190 valence electrons.